The molecule has 116 valence electrons. The molecular formula is C17H18INO3. The average molecular weight is 411 g/mol. The number of likely N-dealkylation sites (N-methyl/N-ethyl adjacent to an activating group) is 1. The summed E-state index contributed by atoms with van der Waals surface area (Å²) in [7, 11) is 2.23. The molecule has 1 aromatic rings. The first kappa shape index (κ1) is 13.6. The van der Waals surface area contributed by atoms with E-state index in [-0.39, 0.29) is 17.3 Å². The van der Waals surface area contributed by atoms with Crippen molar-refractivity contribution in [3.63, 3.8) is 0 Å². The fourth-order valence-corrected chi connectivity index (χ4v) is 5.92. The van der Waals surface area contributed by atoms with Gasteiger partial charge in [0.25, 0.3) is 0 Å². The zero-order valence-electron chi connectivity index (χ0n) is 12.5. The molecule has 5 heteroatoms. The number of carbonyl (C=O) groups is 1. The maximum absolute atomic E-state index is 12.6. The van der Waals surface area contributed by atoms with Gasteiger partial charge >= 0.3 is 0 Å². The van der Waals surface area contributed by atoms with Gasteiger partial charge in [-0.3, -0.25) is 4.79 Å². The van der Waals surface area contributed by atoms with Gasteiger partial charge in [0.05, 0.1) is 0 Å². The van der Waals surface area contributed by atoms with Gasteiger partial charge in [0.15, 0.2) is 46.4 Å². The molecule has 22 heavy (non-hydrogen) atoms. The number of halogens is 1. The molecule has 0 N–H and O–H groups in total. The Morgan fingerprint density at radius 3 is 3.14 bits per heavy atom. The van der Waals surface area contributed by atoms with E-state index >= 15 is 0 Å². The number of rotatable bonds is 1. The van der Waals surface area contributed by atoms with Gasteiger partial charge in [-0.1, -0.05) is 6.07 Å². The van der Waals surface area contributed by atoms with Crippen molar-refractivity contribution in [2.75, 3.05) is 13.6 Å². The van der Waals surface area contributed by atoms with E-state index in [2.05, 4.69) is 18.0 Å². The Hall–Kier alpha value is -0.820. The highest BCUT2D eigenvalue weighted by atomic mass is 127. The normalized spacial score (nSPS) is 38.5. The molecule has 0 unspecified atom stereocenters. The molecule has 4 aliphatic rings. The van der Waals surface area contributed by atoms with Gasteiger partial charge in [-0.25, -0.2) is 0 Å². The maximum Gasteiger partial charge on any atom is 0.192 e. The molecule has 2 heterocycles. The predicted octanol–water partition coefficient (Wildman–Crippen LogP) is 2.65. The fraction of sp³-hybridized carbons (Fsp3) is 0.588. The largest absolute Gasteiger partial charge is 0.477 e. The average Bonchev–Trinajstić information content (AvgIpc) is 2.88. The van der Waals surface area contributed by atoms with Gasteiger partial charge in [0, 0.05) is 23.4 Å². The number of ether oxygens (including phenoxy) is 1. The Morgan fingerprint density at radius 2 is 2.32 bits per heavy atom. The molecule has 1 saturated carbocycles. The lowest BCUT2D eigenvalue weighted by Crippen LogP contribution is -2.65. The van der Waals surface area contributed by atoms with E-state index in [0.29, 0.717) is 18.4 Å². The van der Waals surface area contributed by atoms with E-state index in [9.17, 15) is 4.79 Å². The van der Waals surface area contributed by atoms with Crippen LogP contribution in [0.3, 0.4) is 0 Å². The summed E-state index contributed by atoms with van der Waals surface area (Å²) < 4.78 is 11.7. The zero-order valence-corrected chi connectivity index (χ0v) is 14.6. The number of ketones is 1. The molecule has 1 saturated heterocycles. The van der Waals surface area contributed by atoms with Crippen LogP contribution in [0.15, 0.2) is 12.1 Å². The summed E-state index contributed by atoms with van der Waals surface area (Å²) >= 11 is 1.91. The monoisotopic (exact) mass is 411 g/mol. The SMILES string of the molecule is CN1CC[C@]23c4c5ccc(OI)c4O[C@H]2C(=O)CC[C@H]3[C@H]1C5. The minimum Gasteiger partial charge on any atom is -0.477 e. The number of carbonyl (C=O) groups excluding carboxylic acids is 1. The standard InChI is InChI=1S/C17H18INO3/c1-19-7-6-17-10-3-4-12(20)16(17)21-15-13(22-18)5-2-9(14(15)17)8-11(10)19/h2,5,10-11,16H,3-4,6-8H2,1H3/t10-,11+,16-,17-/m0/s1. The van der Waals surface area contributed by atoms with Crippen LogP contribution < -0.4 is 7.80 Å². The molecule has 4 atom stereocenters. The summed E-state index contributed by atoms with van der Waals surface area (Å²) in [5.74, 6) is 2.43. The van der Waals surface area contributed by atoms with E-state index in [1.54, 1.807) is 0 Å². The minimum absolute atomic E-state index is 0.0966. The second-order valence-corrected chi connectivity index (χ2v) is 7.60. The van der Waals surface area contributed by atoms with Crippen LogP contribution in [0.25, 0.3) is 0 Å². The smallest absolute Gasteiger partial charge is 0.192 e. The lowest BCUT2D eigenvalue weighted by atomic mass is 9.52. The van der Waals surface area contributed by atoms with E-state index in [0.717, 1.165) is 37.3 Å². The van der Waals surface area contributed by atoms with Crippen molar-refractivity contribution in [2.24, 2.45) is 5.92 Å². The molecule has 1 spiro atoms. The maximum atomic E-state index is 12.6. The molecule has 5 rings (SSSR count). The van der Waals surface area contributed by atoms with Crippen LogP contribution in [-0.2, 0) is 16.6 Å². The minimum atomic E-state index is -0.288. The lowest BCUT2D eigenvalue weighted by Gasteiger charge is -2.57. The number of piperidine rings is 1. The third-order valence-corrected chi connectivity index (χ3v) is 6.93. The molecule has 0 radical (unpaired) electrons. The number of Topliss-reactive ketones (excluding diaryl/α,β-unsaturated/α-hetero) is 1. The van der Waals surface area contributed by atoms with Gasteiger partial charge in [-0.15, -0.1) is 0 Å². The molecule has 2 aliphatic carbocycles. The molecule has 1 aromatic carbocycles. The van der Waals surface area contributed by atoms with Crippen molar-refractivity contribution < 1.29 is 12.6 Å². The fourth-order valence-electron chi connectivity index (χ4n) is 5.57. The summed E-state index contributed by atoms with van der Waals surface area (Å²) in [6.45, 7) is 1.04. The number of nitrogens with zero attached hydrogens (tertiary/aromatic N) is 1. The van der Waals surface area contributed by atoms with E-state index in [1.807, 2.05) is 29.1 Å². The number of benzene rings is 1. The van der Waals surface area contributed by atoms with Crippen molar-refractivity contribution in [2.45, 2.75) is 43.2 Å². The number of hydrogen-bond donors (Lipinski definition) is 0. The van der Waals surface area contributed by atoms with E-state index in [1.165, 1.54) is 11.1 Å². The zero-order chi connectivity index (χ0) is 15.1. The Balaban J connectivity index is 1.81. The first-order valence-electron chi connectivity index (χ1n) is 8.01. The number of likely N-dealkylation sites (tertiary alicyclic amines) is 1. The van der Waals surface area contributed by atoms with Gasteiger partial charge < -0.3 is 12.7 Å². The van der Waals surface area contributed by atoms with Crippen molar-refractivity contribution in [3.05, 3.63) is 23.3 Å². The van der Waals surface area contributed by atoms with Crippen LogP contribution in [-0.4, -0.2) is 36.4 Å². The molecule has 2 fully saturated rings. The lowest BCUT2D eigenvalue weighted by molar-refractivity contribution is -0.138. The molecule has 2 aliphatic heterocycles. The van der Waals surface area contributed by atoms with Gasteiger partial charge in [-0.2, -0.15) is 0 Å². The van der Waals surface area contributed by atoms with Crippen molar-refractivity contribution in [1.82, 2.24) is 4.90 Å². The Bertz CT molecular complexity index is 691. The van der Waals surface area contributed by atoms with Gasteiger partial charge in [0.2, 0.25) is 0 Å². The predicted molar refractivity (Wildman–Crippen MR) is 89.7 cm³/mol. The quantitative estimate of drug-likeness (QED) is 0.667. The van der Waals surface area contributed by atoms with Crippen LogP contribution in [0.1, 0.15) is 30.4 Å². The summed E-state index contributed by atoms with van der Waals surface area (Å²) in [6, 6.07) is 4.72. The third kappa shape index (κ3) is 1.40. The highest BCUT2D eigenvalue weighted by Crippen LogP contribution is 2.63. The first-order valence-corrected chi connectivity index (χ1v) is 8.89. The van der Waals surface area contributed by atoms with Gasteiger partial charge in [0.1, 0.15) is 0 Å². The van der Waals surface area contributed by atoms with Crippen molar-refractivity contribution >= 4 is 28.8 Å². The summed E-state index contributed by atoms with van der Waals surface area (Å²) in [4.78, 5) is 15.1. The van der Waals surface area contributed by atoms with Crippen LogP contribution in [0.4, 0.5) is 0 Å². The van der Waals surface area contributed by atoms with Crippen LogP contribution in [0.5, 0.6) is 11.5 Å². The second-order valence-electron chi connectivity index (χ2n) is 7.16. The summed E-state index contributed by atoms with van der Waals surface area (Å²) in [5, 5.41) is 0. The van der Waals surface area contributed by atoms with Crippen LogP contribution in [0, 0.1) is 5.92 Å². The second kappa shape index (κ2) is 4.38. The van der Waals surface area contributed by atoms with Crippen molar-refractivity contribution in [3.8, 4) is 11.5 Å². The molecular weight excluding hydrogens is 393 g/mol. The van der Waals surface area contributed by atoms with E-state index < -0.39 is 0 Å². The molecule has 0 aromatic heterocycles. The molecule has 4 nitrogen and oxygen atoms in total. The number of hydrogen-bond acceptors (Lipinski definition) is 4. The van der Waals surface area contributed by atoms with Crippen LogP contribution >= 0.6 is 23.0 Å². The van der Waals surface area contributed by atoms with Crippen LogP contribution in [0.2, 0.25) is 0 Å². The van der Waals surface area contributed by atoms with Crippen molar-refractivity contribution in [1.29, 1.82) is 0 Å². The highest BCUT2D eigenvalue weighted by molar-refractivity contribution is 14.1. The first-order chi connectivity index (χ1) is 10.7. The summed E-state index contributed by atoms with van der Waals surface area (Å²) in [6.07, 6.45) is 3.46. The highest BCUT2D eigenvalue weighted by Gasteiger charge is 2.65. The Morgan fingerprint density at radius 1 is 1.45 bits per heavy atom. The van der Waals surface area contributed by atoms with Gasteiger partial charge in [-0.05, 0) is 50.4 Å². The molecule has 0 amide bonds. The topological polar surface area (TPSA) is 38.8 Å². The Labute approximate surface area is 143 Å². The third-order valence-electron chi connectivity index (χ3n) is 6.45. The Kier molecular flexibility index (Phi) is 2.71. The summed E-state index contributed by atoms with van der Waals surface area (Å²) in [5.41, 5.74) is 2.56. The van der Waals surface area contributed by atoms with E-state index in [4.69, 9.17) is 7.80 Å². The molecule has 2 bridgehead atoms.